The molecule has 1 aromatic heterocycles. The molecule has 1 aliphatic carbocycles. The van der Waals surface area contributed by atoms with Crippen LogP contribution in [0.5, 0.6) is 0 Å². The van der Waals surface area contributed by atoms with E-state index in [2.05, 4.69) is 0 Å². The van der Waals surface area contributed by atoms with Gasteiger partial charge in [-0.15, -0.1) is 0 Å². The number of fused-ring (bicyclic) bond motifs is 3. The Balaban J connectivity index is 2.42. The van der Waals surface area contributed by atoms with Crippen molar-refractivity contribution in [2.75, 3.05) is 7.11 Å². The number of hydrogen-bond donors (Lipinski definition) is 0. The van der Waals surface area contributed by atoms with E-state index in [0.29, 0.717) is 23.4 Å². The molecule has 0 aliphatic heterocycles. The monoisotopic (exact) mass is 289 g/mol. The number of halogens is 1. The van der Waals surface area contributed by atoms with Gasteiger partial charge in [0, 0.05) is 22.2 Å². The molecule has 0 bridgehead atoms. The van der Waals surface area contributed by atoms with Gasteiger partial charge in [-0.05, 0) is 18.9 Å². The topological polar surface area (TPSA) is 48.3 Å². The number of benzene rings is 1. The average Bonchev–Trinajstić information content (AvgIpc) is 2.82. The van der Waals surface area contributed by atoms with Crippen LogP contribution in [0.25, 0.3) is 15.9 Å². The third-order valence-corrected chi connectivity index (χ3v) is 4.04. The van der Waals surface area contributed by atoms with Gasteiger partial charge in [-0.3, -0.25) is 4.79 Å². The number of ether oxygens (including phenoxy) is 1. The summed E-state index contributed by atoms with van der Waals surface area (Å²) in [5, 5.41) is 1.29. The molecule has 4 nitrogen and oxygen atoms in total. The lowest BCUT2D eigenvalue weighted by Crippen LogP contribution is -2.16. The van der Waals surface area contributed by atoms with Gasteiger partial charge in [0.25, 0.3) is 0 Å². The van der Waals surface area contributed by atoms with E-state index in [1.165, 1.54) is 11.7 Å². The Hall–Kier alpha value is -2.07. The van der Waals surface area contributed by atoms with Gasteiger partial charge in [-0.1, -0.05) is 29.8 Å². The Labute approximate surface area is 120 Å². The molecule has 1 aromatic carbocycles. The largest absolute Gasteiger partial charge is 0.452 e. The summed E-state index contributed by atoms with van der Waals surface area (Å²) in [6.07, 6.45) is 1.46. The van der Waals surface area contributed by atoms with E-state index in [9.17, 15) is 9.59 Å². The number of nitrogens with zero attached hydrogens (tertiary/aromatic N) is 1. The van der Waals surface area contributed by atoms with Crippen molar-refractivity contribution < 1.29 is 14.3 Å². The van der Waals surface area contributed by atoms with Crippen molar-refractivity contribution in [1.82, 2.24) is 4.57 Å². The summed E-state index contributed by atoms with van der Waals surface area (Å²) in [5.74, 6) is 0. The Morgan fingerprint density at radius 1 is 1.35 bits per heavy atom. The summed E-state index contributed by atoms with van der Waals surface area (Å²) in [6, 6.07) is 7.47. The highest BCUT2D eigenvalue weighted by molar-refractivity contribution is 6.52. The fourth-order valence-corrected chi connectivity index (χ4v) is 3.06. The van der Waals surface area contributed by atoms with Crippen LogP contribution in [0.1, 0.15) is 17.7 Å². The Bertz CT molecular complexity index is 758. The Kier molecular flexibility index (Phi) is 3.10. The minimum absolute atomic E-state index is 0.431. The number of hydrogen-bond acceptors (Lipinski definition) is 3. The summed E-state index contributed by atoms with van der Waals surface area (Å²) in [7, 11) is 1.35. The van der Waals surface area contributed by atoms with Gasteiger partial charge < -0.3 is 4.74 Å². The van der Waals surface area contributed by atoms with Crippen LogP contribution in [0.2, 0.25) is 0 Å². The lowest BCUT2D eigenvalue weighted by atomic mass is 9.96. The number of aldehydes is 1. The van der Waals surface area contributed by atoms with Gasteiger partial charge in [-0.2, -0.15) is 0 Å². The van der Waals surface area contributed by atoms with Gasteiger partial charge in [-0.25, -0.2) is 9.36 Å². The first kappa shape index (κ1) is 12.9. The first-order chi connectivity index (χ1) is 9.69. The molecule has 20 heavy (non-hydrogen) atoms. The molecule has 0 amide bonds. The maximum atomic E-state index is 12.0. The molecule has 2 aromatic rings. The molecule has 0 N–H and O–H groups in total. The van der Waals surface area contributed by atoms with Crippen molar-refractivity contribution in [2.24, 2.45) is 0 Å². The second kappa shape index (κ2) is 4.80. The van der Waals surface area contributed by atoms with Crippen LogP contribution in [0.4, 0.5) is 4.79 Å². The standard InChI is InChI=1S/C15H12ClNO3/c1-20-15(19)17-11-5-3-2-4-10(11)13-12(17)7-6-9(8-18)14(13)16/h2-5,8H,6-7H2,1H3. The third kappa shape index (κ3) is 1.68. The second-order valence-electron chi connectivity index (χ2n) is 4.60. The smallest absolute Gasteiger partial charge is 0.418 e. The fourth-order valence-electron chi connectivity index (χ4n) is 2.71. The summed E-state index contributed by atoms with van der Waals surface area (Å²) in [4.78, 5) is 23.1. The lowest BCUT2D eigenvalue weighted by molar-refractivity contribution is -0.105. The number of carbonyl (C=O) groups excluding carboxylic acids is 2. The average molecular weight is 290 g/mol. The van der Waals surface area contributed by atoms with Gasteiger partial charge in [0.15, 0.2) is 0 Å². The molecule has 0 radical (unpaired) electrons. The lowest BCUT2D eigenvalue weighted by Gasteiger charge is -2.15. The molecule has 3 rings (SSSR count). The summed E-state index contributed by atoms with van der Waals surface area (Å²) in [6.45, 7) is 0. The number of rotatable bonds is 1. The van der Waals surface area contributed by atoms with Crippen molar-refractivity contribution >= 4 is 39.9 Å². The molecule has 102 valence electrons. The van der Waals surface area contributed by atoms with E-state index in [-0.39, 0.29) is 0 Å². The number of aromatic nitrogens is 1. The molecular formula is C15H12ClNO3. The van der Waals surface area contributed by atoms with Crippen LogP contribution in [-0.4, -0.2) is 24.1 Å². The predicted molar refractivity (Wildman–Crippen MR) is 76.9 cm³/mol. The zero-order valence-corrected chi connectivity index (χ0v) is 11.6. The quantitative estimate of drug-likeness (QED) is 0.756. The maximum Gasteiger partial charge on any atom is 0.418 e. The molecular weight excluding hydrogens is 278 g/mol. The summed E-state index contributed by atoms with van der Waals surface area (Å²) < 4.78 is 6.39. The summed E-state index contributed by atoms with van der Waals surface area (Å²) in [5.41, 5.74) is 2.89. The molecule has 0 atom stereocenters. The van der Waals surface area contributed by atoms with E-state index in [0.717, 1.165) is 28.4 Å². The van der Waals surface area contributed by atoms with Crippen LogP contribution in [0.15, 0.2) is 29.8 Å². The zero-order chi connectivity index (χ0) is 14.3. The minimum Gasteiger partial charge on any atom is -0.452 e. The molecule has 1 aliphatic rings. The first-order valence-corrected chi connectivity index (χ1v) is 6.61. The van der Waals surface area contributed by atoms with Crippen LogP contribution in [0.3, 0.4) is 0 Å². The molecule has 0 saturated heterocycles. The van der Waals surface area contributed by atoms with Gasteiger partial charge in [0.05, 0.1) is 17.7 Å². The molecule has 0 fully saturated rings. The minimum atomic E-state index is -0.443. The highest BCUT2D eigenvalue weighted by Crippen LogP contribution is 2.40. The van der Waals surface area contributed by atoms with Crippen molar-refractivity contribution in [3.8, 4) is 0 Å². The van der Waals surface area contributed by atoms with E-state index in [4.69, 9.17) is 16.3 Å². The first-order valence-electron chi connectivity index (χ1n) is 6.24. The fraction of sp³-hybridized carbons (Fsp3) is 0.200. The van der Waals surface area contributed by atoms with Gasteiger partial charge >= 0.3 is 6.09 Å². The molecule has 1 heterocycles. The number of para-hydroxylation sites is 1. The van der Waals surface area contributed by atoms with Crippen molar-refractivity contribution in [2.45, 2.75) is 12.8 Å². The predicted octanol–water partition coefficient (Wildman–Crippen LogP) is 3.35. The van der Waals surface area contributed by atoms with E-state index in [1.807, 2.05) is 24.3 Å². The SMILES string of the molecule is COC(=O)n1c2c(c3ccccc31)C(Cl)=C(C=O)CC2. The van der Waals surface area contributed by atoms with Gasteiger partial charge in [0.1, 0.15) is 6.29 Å². The highest BCUT2D eigenvalue weighted by atomic mass is 35.5. The number of allylic oxidation sites excluding steroid dienone is 1. The number of carbonyl (C=O) groups is 2. The van der Waals surface area contributed by atoms with E-state index in [1.54, 1.807) is 0 Å². The van der Waals surface area contributed by atoms with Gasteiger partial charge in [0.2, 0.25) is 0 Å². The Morgan fingerprint density at radius 3 is 2.80 bits per heavy atom. The van der Waals surface area contributed by atoms with Crippen LogP contribution < -0.4 is 0 Å². The van der Waals surface area contributed by atoms with Crippen LogP contribution in [0, 0.1) is 0 Å². The molecule has 0 spiro atoms. The molecule has 5 heteroatoms. The second-order valence-corrected chi connectivity index (χ2v) is 4.98. The molecule has 0 unspecified atom stereocenters. The highest BCUT2D eigenvalue weighted by Gasteiger charge is 2.27. The van der Waals surface area contributed by atoms with Crippen LogP contribution >= 0.6 is 11.6 Å². The van der Waals surface area contributed by atoms with Crippen molar-refractivity contribution in [1.29, 1.82) is 0 Å². The van der Waals surface area contributed by atoms with E-state index < -0.39 is 6.09 Å². The van der Waals surface area contributed by atoms with Crippen molar-refractivity contribution in [3.63, 3.8) is 0 Å². The van der Waals surface area contributed by atoms with Crippen molar-refractivity contribution in [3.05, 3.63) is 41.1 Å². The summed E-state index contributed by atoms with van der Waals surface area (Å²) >= 11 is 6.34. The maximum absolute atomic E-state index is 12.0. The zero-order valence-electron chi connectivity index (χ0n) is 10.9. The Morgan fingerprint density at radius 2 is 2.10 bits per heavy atom. The van der Waals surface area contributed by atoms with Crippen LogP contribution in [-0.2, 0) is 16.0 Å². The third-order valence-electron chi connectivity index (χ3n) is 3.60. The number of methoxy groups -OCH3 is 1. The van der Waals surface area contributed by atoms with E-state index >= 15 is 0 Å². The normalized spacial score (nSPS) is 14.3. The molecule has 0 saturated carbocycles.